The number of aryl methyl sites for hydroxylation is 1. The first-order valence-electron chi connectivity index (χ1n) is 5.59. The lowest BCUT2D eigenvalue weighted by molar-refractivity contribution is 0.0947. The zero-order valence-electron chi connectivity index (χ0n) is 10.0. The first-order chi connectivity index (χ1) is 7.54. The first-order valence-corrected chi connectivity index (χ1v) is 6.38. The fourth-order valence-electron chi connectivity index (χ4n) is 1.35. The van der Waals surface area contributed by atoms with Crippen LogP contribution in [-0.4, -0.2) is 12.5 Å². The van der Waals surface area contributed by atoms with E-state index in [9.17, 15) is 4.79 Å². The molecule has 1 aromatic rings. The van der Waals surface area contributed by atoms with Crippen molar-refractivity contribution in [3.8, 4) is 0 Å². The molecule has 1 aromatic carbocycles. The molecule has 1 N–H and O–H groups in total. The summed E-state index contributed by atoms with van der Waals surface area (Å²) in [5.74, 6) is 0.538. The van der Waals surface area contributed by atoms with Gasteiger partial charge in [-0.15, -0.1) is 0 Å². The second-order valence-electron chi connectivity index (χ2n) is 4.18. The fourth-order valence-corrected chi connectivity index (χ4v) is 1.71. The molecule has 0 radical (unpaired) electrons. The molecule has 88 valence electrons. The van der Waals surface area contributed by atoms with Gasteiger partial charge in [0.05, 0.1) is 0 Å². The summed E-state index contributed by atoms with van der Waals surface area (Å²) >= 11 is 3.38. The molecule has 1 unspecified atom stereocenters. The average Bonchev–Trinajstić information content (AvgIpc) is 2.28. The smallest absolute Gasteiger partial charge is 0.251 e. The topological polar surface area (TPSA) is 29.1 Å². The molecule has 3 heteroatoms. The molecule has 1 rings (SSSR count). The van der Waals surface area contributed by atoms with Crippen molar-refractivity contribution in [2.75, 3.05) is 6.54 Å². The van der Waals surface area contributed by atoms with Crippen LogP contribution in [0.1, 0.15) is 36.2 Å². The van der Waals surface area contributed by atoms with E-state index in [2.05, 4.69) is 35.1 Å². The van der Waals surface area contributed by atoms with Crippen LogP contribution >= 0.6 is 15.9 Å². The summed E-state index contributed by atoms with van der Waals surface area (Å²) in [6.07, 6.45) is 1.08. The molecule has 0 aliphatic heterocycles. The number of benzene rings is 1. The Morgan fingerprint density at radius 1 is 1.50 bits per heavy atom. The Morgan fingerprint density at radius 3 is 2.81 bits per heavy atom. The monoisotopic (exact) mass is 283 g/mol. The van der Waals surface area contributed by atoms with Gasteiger partial charge in [-0.3, -0.25) is 4.79 Å². The van der Waals surface area contributed by atoms with Crippen LogP contribution in [0.2, 0.25) is 0 Å². The van der Waals surface area contributed by atoms with Gasteiger partial charge >= 0.3 is 0 Å². The molecule has 0 aromatic heterocycles. The Morgan fingerprint density at radius 2 is 2.19 bits per heavy atom. The zero-order chi connectivity index (χ0) is 12.1. The van der Waals surface area contributed by atoms with Crippen molar-refractivity contribution in [1.29, 1.82) is 0 Å². The Bertz CT molecular complexity index is 376. The van der Waals surface area contributed by atoms with Crippen molar-refractivity contribution in [1.82, 2.24) is 5.32 Å². The van der Waals surface area contributed by atoms with Crippen molar-refractivity contribution >= 4 is 21.8 Å². The molecular weight excluding hydrogens is 266 g/mol. The molecule has 16 heavy (non-hydrogen) atoms. The Labute approximate surface area is 106 Å². The maximum atomic E-state index is 11.9. The standard InChI is InChI=1S/C13H18BrNO/c1-4-9(2)8-15-13(16)12-7-11(14)6-5-10(12)3/h5-7,9H,4,8H2,1-3H3,(H,15,16). The lowest BCUT2D eigenvalue weighted by atomic mass is 10.1. The minimum atomic E-state index is 0.0131. The largest absolute Gasteiger partial charge is 0.352 e. The van der Waals surface area contributed by atoms with Crippen molar-refractivity contribution in [3.63, 3.8) is 0 Å². The van der Waals surface area contributed by atoms with Crippen LogP contribution in [0.5, 0.6) is 0 Å². The van der Waals surface area contributed by atoms with Crippen molar-refractivity contribution < 1.29 is 4.79 Å². The van der Waals surface area contributed by atoms with Gasteiger partial charge in [-0.1, -0.05) is 42.3 Å². The van der Waals surface area contributed by atoms with Gasteiger partial charge in [-0.05, 0) is 30.5 Å². The summed E-state index contributed by atoms with van der Waals surface area (Å²) in [5, 5.41) is 2.96. The van der Waals surface area contributed by atoms with Gasteiger partial charge in [0.15, 0.2) is 0 Å². The molecule has 2 nitrogen and oxygen atoms in total. The third-order valence-corrected chi connectivity index (χ3v) is 3.25. The summed E-state index contributed by atoms with van der Waals surface area (Å²) < 4.78 is 0.937. The molecule has 0 spiro atoms. The minimum Gasteiger partial charge on any atom is -0.352 e. The third-order valence-electron chi connectivity index (χ3n) is 2.75. The zero-order valence-corrected chi connectivity index (χ0v) is 11.6. The normalized spacial score (nSPS) is 12.2. The van der Waals surface area contributed by atoms with E-state index in [1.807, 2.05) is 25.1 Å². The van der Waals surface area contributed by atoms with Crippen molar-refractivity contribution in [2.45, 2.75) is 27.2 Å². The van der Waals surface area contributed by atoms with Crippen molar-refractivity contribution in [3.05, 3.63) is 33.8 Å². The van der Waals surface area contributed by atoms with Gasteiger partial charge in [0.2, 0.25) is 0 Å². The summed E-state index contributed by atoms with van der Waals surface area (Å²) in [6, 6.07) is 5.75. The minimum absolute atomic E-state index is 0.0131. The molecular formula is C13H18BrNO. The number of hydrogen-bond acceptors (Lipinski definition) is 1. The fraction of sp³-hybridized carbons (Fsp3) is 0.462. The second-order valence-corrected chi connectivity index (χ2v) is 5.10. The van der Waals surface area contributed by atoms with Gasteiger partial charge < -0.3 is 5.32 Å². The lowest BCUT2D eigenvalue weighted by Gasteiger charge is -2.11. The number of carbonyl (C=O) groups is 1. The number of hydrogen-bond donors (Lipinski definition) is 1. The summed E-state index contributed by atoms with van der Waals surface area (Å²) in [4.78, 5) is 11.9. The van der Waals surface area contributed by atoms with Gasteiger partial charge in [-0.25, -0.2) is 0 Å². The van der Waals surface area contributed by atoms with Crippen LogP contribution in [0.25, 0.3) is 0 Å². The number of rotatable bonds is 4. The molecule has 1 amide bonds. The van der Waals surface area contributed by atoms with E-state index in [-0.39, 0.29) is 5.91 Å². The van der Waals surface area contributed by atoms with E-state index in [0.717, 1.165) is 28.6 Å². The van der Waals surface area contributed by atoms with Crippen LogP contribution in [0, 0.1) is 12.8 Å². The number of halogens is 1. The van der Waals surface area contributed by atoms with Crippen LogP contribution < -0.4 is 5.32 Å². The summed E-state index contributed by atoms with van der Waals surface area (Å²) in [6.45, 7) is 6.95. The molecule has 0 heterocycles. The van der Waals surface area contributed by atoms with Gasteiger partial charge in [0.1, 0.15) is 0 Å². The third kappa shape index (κ3) is 3.63. The Balaban J connectivity index is 2.69. The number of amides is 1. The molecule has 0 aliphatic rings. The van der Waals surface area contributed by atoms with E-state index >= 15 is 0 Å². The van der Waals surface area contributed by atoms with Gasteiger partial charge in [-0.2, -0.15) is 0 Å². The highest BCUT2D eigenvalue weighted by Crippen LogP contribution is 2.16. The molecule has 0 aliphatic carbocycles. The first kappa shape index (κ1) is 13.2. The van der Waals surface area contributed by atoms with Gasteiger partial charge in [0, 0.05) is 16.6 Å². The maximum absolute atomic E-state index is 11.9. The molecule has 0 saturated heterocycles. The summed E-state index contributed by atoms with van der Waals surface area (Å²) in [5.41, 5.74) is 1.75. The quantitative estimate of drug-likeness (QED) is 0.900. The molecule has 0 fully saturated rings. The van der Waals surface area contributed by atoms with Crippen LogP contribution in [0.15, 0.2) is 22.7 Å². The molecule has 0 bridgehead atoms. The Kier molecular flexibility index (Phi) is 5.00. The number of nitrogens with one attached hydrogen (secondary N) is 1. The van der Waals surface area contributed by atoms with E-state index in [4.69, 9.17) is 0 Å². The SMILES string of the molecule is CCC(C)CNC(=O)c1cc(Br)ccc1C. The molecule has 1 atom stereocenters. The van der Waals surface area contributed by atoms with Crippen molar-refractivity contribution in [2.24, 2.45) is 5.92 Å². The van der Waals surface area contributed by atoms with E-state index < -0.39 is 0 Å². The highest BCUT2D eigenvalue weighted by atomic mass is 79.9. The number of carbonyl (C=O) groups excluding carboxylic acids is 1. The average molecular weight is 284 g/mol. The lowest BCUT2D eigenvalue weighted by Crippen LogP contribution is -2.28. The Hall–Kier alpha value is -0.830. The summed E-state index contributed by atoms with van der Waals surface area (Å²) in [7, 11) is 0. The van der Waals surface area contributed by atoms with Crippen LogP contribution in [-0.2, 0) is 0 Å². The van der Waals surface area contributed by atoms with E-state index in [1.54, 1.807) is 0 Å². The maximum Gasteiger partial charge on any atom is 0.251 e. The predicted molar refractivity (Wildman–Crippen MR) is 70.7 cm³/mol. The van der Waals surface area contributed by atoms with E-state index in [1.165, 1.54) is 0 Å². The van der Waals surface area contributed by atoms with E-state index in [0.29, 0.717) is 5.92 Å². The van der Waals surface area contributed by atoms with Crippen LogP contribution in [0.3, 0.4) is 0 Å². The highest BCUT2D eigenvalue weighted by molar-refractivity contribution is 9.10. The van der Waals surface area contributed by atoms with Gasteiger partial charge in [0.25, 0.3) is 5.91 Å². The molecule has 0 saturated carbocycles. The highest BCUT2D eigenvalue weighted by Gasteiger charge is 2.09. The second kappa shape index (κ2) is 6.04. The predicted octanol–water partition coefficient (Wildman–Crippen LogP) is 3.53. The van der Waals surface area contributed by atoms with Crippen LogP contribution in [0.4, 0.5) is 0 Å².